The van der Waals surface area contributed by atoms with Gasteiger partial charge in [0, 0.05) is 23.2 Å². The zero-order chi connectivity index (χ0) is 17.8. The van der Waals surface area contributed by atoms with Gasteiger partial charge in [-0.1, -0.05) is 23.4 Å². The standard InChI is InChI=1S/C18H16ClN3O2S/c1-22-17(13-3-7-14(19)8-4-13)20-21-18(22)25-11-16(23)12-5-9-15(24-2)10-6-12/h3-10H,11H2,1-2H3. The maximum Gasteiger partial charge on any atom is 0.191 e. The van der Waals surface area contributed by atoms with Crippen molar-refractivity contribution < 1.29 is 9.53 Å². The fraction of sp³-hybridized carbons (Fsp3) is 0.167. The number of thioether (sulfide) groups is 1. The first-order chi connectivity index (χ1) is 12.1. The summed E-state index contributed by atoms with van der Waals surface area (Å²) in [6, 6.07) is 14.5. The minimum atomic E-state index is 0.0312. The number of aromatic nitrogens is 3. The predicted molar refractivity (Wildman–Crippen MR) is 99.5 cm³/mol. The maximum atomic E-state index is 12.3. The van der Waals surface area contributed by atoms with Gasteiger partial charge in [-0.25, -0.2) is 0 Å². The quantitative estimate of drug-likeness (QED) is 0.480. The molecule has 0 bridgehead atoms. The van der Waals surface area contributed by atoms with E-state index in [0.717, 1.165) is 17.1 Å². The molecule has 0 saturated carbocycles. The summed E-state index contributed by atoms with van der Waals surface area (Å²) in [5.41, 5.74) is 1.57. The fourth-order valence-electron chi connectivity index (χ4n) is 2.28. The monoisotopic (exact) mass is 373 g/mol. The number of halogens is 1. The molecule has 0 saturated heterocycles. The van der Waals surface area contributed by atoms with Gasteiger partial charge in [0.05, 0.1) is 12.9 Å². The van der Waals surface area contributed by atoms with E-state index in [0.29, 0.717) is 21.5 Å². The number of rotatable bonds is 6. The Labute approximate surface area is 155 Å². The molecule has 0 N–H and O–H groups in total. The molecular formula is C18H16ClN3O2S. The lowest BCUT2D eigenvalue weighted by Crippen LogP contribution is -2.04. The Kier molecular flexibility index (Phi) is 5.40. The van der Waals surface area contributed by atoms with E-state index in [2.05, 4.69) is 10.2 Å². The molecule has 7 heteroatoms. The molecule has 25 heavy (non-hydrogen) atoms. The highest BCUT2D eigenvalue weighted by Gasteiger charge is 2.14. The Hall–Kier alpha value is -2.31. The lowest BCUT2D eigenvalue weighted by atomic mass is 10.1. The first kappa shape index (κ1) is 17.5. The molecule has 0 fully saturated rings. The number of Topliss-reactive ketones (excluding diaryl/α,β-unsaturated/α-hetero) is 1. The zero-order valence-corrected chi connectivity index (χ0v) is 15.3. The molecule has 0 spiro atoms. The van der Waals surface area contributed by atoms with Crippen LogP contribution in [0.15, 0.2) is 53.7 Å². The van der Waals surface area contributed by atoms with Crippen molar-refractivity contribution in [3.63, 3.8) is 0 Å². The highest BCUT2D eigenvalue weighted by molar-refractivity contribution is 7.99. The van der Waals surface area contributed by atoms with E-state index in [-0.39, 0.29) is 5.78 Å². The summed E-state index contributed by atoms with van der Waals surface area (Å²) in [6.07, 6.45) is 0. The van der Waals surface area contributed by atoms with Gasteiger partial charge in [0.2, 0.25) is 0 Å². The van der Waals surface area contributed by atoms with Crippen molar-refractivity contribution in [1.82, 2.24) is 14.8 Å². The highest BCUT2D eigenvalue weighted by Crippen LogP contribution is 2.24. The molecule has 1 aromatic heterocycles. The van der Waals surface area contributed by atoms with Crippen molar-refractivity contribution in [3.8, 4) is 17.1 Å². The van der Waals surface area contributed by atoms with Crippen molar-refractivity contribution in [2.45, 2.75) is 5.16 Å². The number of ether oxygens (including phenoxy) is 1. The summed E-state index contributed by atoms with van der Waals surface area (Å²) >= 11 is 7.27. The molecule has 128 valence electrons. The summed E-state index contributed by atoms with van der Waals surface area (Å²) in [5.74, 6) is 1.78. The lowest BCUT2D eigenvalue weighted by molar-refractivity contribution is 0.102. The summed E-state index contributed by atoms with van der Waals surface area (Å²) in [7, 11) is 3.48. The number of carbonyl (C=O) groups is 1. The summed E-state index contributed by atoms with van der Waals surface area (Å²) in [5, 5.41) is 9.75. The number of benzene rings is 2. The maximum absolute atomic E-state index is 12.3. The second-order valence-electron chi connectivity index (χ2n) is 5.31. The van der Waals surface area contributed by atoms with E-state index < -0.39 is 0 Å². The Morgan fingerprint density at radius 3 is 2.44 bits per heavy atom. The largest absolute Gasteiger partial charge is 0.497 e. The van der Waals surface area contributed by atoms with E-state index in [1.54, 1.807) is 31.4 Å². The van der Waals surface area contributed by atoms with Gasteiger partial charge in [0.15, 0.2) is 16.8 Å². The Morgan fingerprint density at radius 1 is 1.12 bits per heavy atom. The Bertz CT molecular complexity index is 876. The topological polar surface area (TPSA) is 57.0 Å². The molecule has 2 aromatic carbocycles. The molecule has 0 aliphatic rings. The number of carbonyl (C=O) groups excluding carboxylic acids is 1. The van der Waals surface area contributed by atoms with Gasteiger partial charge in [-0.05, 0) is 48.5 Å². The summed E-state index contributed by atoms with van der Waals surface area (Å²) in [6.45, 7) is 0. The molecule has 0 amide bonds. The van der Waals surface area contributed by atoms with Crippen LogP contribution in [0.2, 0.25) is 5.02 Å². The summed E-state index contributed by atoms with van der Waals surface area (Å²) < 4.78 is 6.97. The van der Waals surface area contributed by atoms with Crippen molar-refractivity contribution in [2.75, 3.05) is 12.9 Å². The average molecular weight is 374 g/mol. The van der Waals surface area contributed by atoms with Gasteiger partial charge in [0.1, 0.15) is 5.75 Å². The normalized spacial score (nSPS) is 10.7. The van der Waals surface area contributed by atoms with Crippen molar-refractivity contribution >= 4 is 29.1 Å². The second-order valence-corrected chi connectivity index (χ2v) is 6.69. The number of hydrogen-bond donors (Lipinski definition) is 0. The fourth-order valence-corrected chi connectivity index (χ4v) is 3.21. The van der Waals surface area contributed by atoms with Gasteiger partial charge in [-0.3, -0.25) is 4.79 Å². The molecule has 0 atom stereocenters. The number of ketones is 1. The van der Waals surface area contributed by atoms with E-state index in [1.807, 2.05) is 35.9 Å². The van der Waals surface area contributed by atoms with Crippen LogP contribution < -0.4 is 4.74 Å². The predicted octanol–water partition coefficient (Wildman–Crippen LogP) is 4.12. The Balaban J connectivity index is 1.69. The van der Waals surface area contributed by atoms with E-state index >= 15 is 0 Å². The van der Waals surface area contributed by atoms with Crippen LogP contribution in [-0.4, -0.2) is 33.4 Å². The molecule has 0 unspecified atom stereocenters. The van der Waals surface area contributed by atoms with Gasteiger partial charge in [-0.2, -0.15) is 0 Å². The molecule has 1 heterocycles. The first-order valence-corrected chi connectivity index (χ1v) is 8.90. The van der Waals surface area contributed by atoms with Crippen LogP contribution in [0.1, 0.15) is 10.4 Å². The van der Waals surface area contributed by atoms with Crippen molar-refractivity contribution in [3.05, 3.63) is 59.1 Å². The molecule has 3 aromatic rings. The van der Waals surface area contributed by atoms with E-state index in [1.165, 1.54) is 11.8 Å². The molecular weight excluding hydrogens is 358 g/mol. The third-order valence-electron chi connectivity index (χ3n) is 3.68. The minimum Gasteiger partial charge on any atom is -0.497 e. The third kappa shape index (κ3) is 4.03. The molecule has 0 aliphatic heterocycles. The van der Waals surface area contributed by atoms with Gasteiger partial charge in [0.25, 0.3) is 0 Å². The molecule has 3 rings (SSSR count). The van der Waals surface area contributed by atoms with E-state index in [4.69, 9.17) is 16.3 Å². The minimum absolute atomic E-state index is 0.0312. The first-order valence-electron chi connectivity index (χ1n) is 7.54. The third-order valence-corrected chi connectivity index (χ3v) is 4.95. The van der Waals surface area contributed by atoms with Gasteiger partial charge in [-0.15, -0.1) is 10.2 Å². The van der Waals surface area contributed by atoms with Gasteiger partial charge < -0.3 is 9.30 Å². The van der Waals surface area contributed by atoms with Crippen molar-refractivity contribution in [1.29, 1.82) is 0 Å². The molecule has 5 nitrogen and oxygen atoms in total. The Morgan fingerprint density at radius 2 is 1.80 bits per heavy atom. The lowest BCUT2D eigenvalue weighted by Gasteiger charge is -2.05. The second kappa shape index (κ2) is 7.72. The van der Waals surface area contributed by atoms with E-state index in [9.17, 15) is 4.79 Å². The highest BCUT2D eigenvalue weighted by atomic mass is 35.5. The van der Waals surface area contributed by atoms with Crippen LogP contribution in [0.4, 0.5) is 0 Å². The van der Waals surface area contributed by atoms with Crippen LogP contribution in [0, 0.1) is 0 Å². The van der Waals surface area contributed by atoms with Crippen LogP contribution in [-0.2, 0) is 7.05 Å². The van der Waals surface area contributed by atoms with Crippen LogP contribution in [0.25, 0.3) is 11.4 Å². The van der Waals surface area contributed by atoms with Crippen molar-refractivity contribution in [2.24, 2.45) is 7.05 Å². The van der Waals surface area contributed by atoms with Gasteiger partial charge >= 0.3 is 0 Å². The average Bonchev–Trinajstić information content (AvgIpc) is 3.01. The number of methoxy groups -OCH3 is 1. The SMILES string of the molecule is COc1ccc(C(=O)CSc2nnc(-c3ccc(Cl)cc3)n2C)cc1. The van der Waals surface area contributed by atoms with Crippen LogP contribution in [0.3, 0.4) is 0 Å². The molecule has 0 aliphatic carbocycles. The smallest absolute Gasteiger partial charge is 0.191 e. The number of nitrogens with zero attached hydrogens (tertiary/aromatic N) is 3. The number of hydrogen-bond acceptors (Lipinski definition) is 5. The summed E-state index contributed by atoms with van der Waals surface area (Å²) in [4.78, 5) is 12.3. The van der Waals surface area contributed by atoms with Crippen LogP contribution >= 0.6 is 23.4 Å². The zero-order valence-electron chi connectivity index (χ0n) is 13.8. The van der Waals surface area contributed by atoms with Crippen LogP contribution in [0.5, 0.6) is 5.75 Å². The molecule has 0 radical (unpaired) electrons.